The molecule has 2 nitrogen and oxygen atoms in total. The number of aromatic nitrogens is 1. The minimum Gasteiger partial charge on any atom is -0.365 e. The van der Waals surface area contributed by atoms with E-state index in [2.05, 4.69) is 42.9 Å². The monoisotopic (exact) mass is 220 g/mol. The van der Waals surface area contributed by atoms with Gasteiger partial charge in [0.2, 0.25) is 0 Å². The molecule has 0 amide bonds. The molecular weight excluding hydrogens is 196 g/mol. The Morgan fingerprint density at radius 2 is 2.19 bits per heavy atom. The molecule has 16 heavy (non-hydrogen) atoms. The fourth-order valence-corrected chi connectivity index (χ4v) is 3.14. The normalized spacial score (nSPS) is 25.7. The van der Waals surface area contributed by atoms with Crippen LogP contribution in [0.4, 0.5) is 0 Å². The summed E-state index contributed by atoms with van der Waals surface area (Å²) >= 11 is 0. The van der Waals surface area contributed by atoms with Crippen LogP contribution >= 0.6 is 0 Å². The van der Waals surface area contributed by atoms with Crippen molar-refractivity contribution in [2.24, 2.45) is 0 Å². The van der Waals surface area contributed by atoms with E-state index < -0.39 is 0 Å². The van der Waals surface area contributed by atoms with Crippen LogP contribution in [-0.2, 0) is 6.42 Å². The largest absolute Gasteiger partial charge is 0.365 e. The quantitative estimate of drug-likeness (QED) is 0.822. The molecule has 2 rings (SSSR count). The number of nitrogens with zero attached hydrogens (tertiary/aromatic N) is 1. The molecule has 0 unspecified atom stereocenters. The zero-order chi connectivity index (χ0) is 11.5. The van der Waals surface area contributed by atoms with Crippen LogP contribution in [-0.4, -0.2) is 22.5 Å². The predicted molar refractivity (Wildman–Crippen MR) is 68.6 cm³/mol. The van der Waals surface area contributed by atoms with Crippen LogP contribution in [0.15, 0.2) is 12.3 Å². The highest BCUT2D eigenvalue weighted by Gasteiger charge is 2.32. The van der Waals surface area contributed by atoms with Crippen molar-refractivity contribution in [1.82, 2.24) is 9.88 Å². The summed E-state index contributed by atoms with van der Waals surface area (Å²) in [4.78, 5) is 6.12. The third-order valence-corrected chi connectivity index (χ3v) is 3.94. The molecule has 1 N–H and O–H groups in total. The summed E-state index contributed by atoms with van der Waals surface area (Å²) < 4.78 is 0. The Morgan fingerprint density at radius 3 is 2.81 bits per heavy atom. The zero-order valence-electron chi connectivity index (χ0n) is 10.8. The van der Waals surface area contributed by atoms with Crippen LogP contribution in [0.5, 0.6) is 0 Å². The summed E-state index contributed by atoms with van der Waals surface area (Å²) in [6.07, 6.45) is 7.12. The summed E-state index contributed by atoms with van der Waals surface area (Å²) in [5, 5.41) is 0. The zero-order valence-corrected chi connectivity index (χ0v) is 10.8. The van der Waals surface area contributed by atoms with Crippen molar-refractivity contribution in [3.8, 4) is 0 Å². The highest BCUT2D eigenvalue weighted by molar-refractivity contribution is 5.28. The Bertz CT molecular complexity index is 329. The van der Waals surface area contributed by atoms with Gasteiger partial charge in [-0.2, -0.15) is 0 Å². The van der Waals surface area contributed by atoms with Gasteiger partial charge in [0.15, 0.2) is 0 Å². The lowest BCUT2D eigenvalue weighted by Gasteiger charge is -2.41. The first-order valence-electron chi connectivity index (χ1n) is 6.73. The lowest BCUT2D eigenvalue weighted by molar-refractivity contribution is 0.113. The van der Waals surface area contributed by atoms with Crippen LogP contribution in [0.1, 0.15) is 57.3 Å². The molecule has 0 spiro atoms. The highest BCUT2D eigenvalue weighted by atomic mass is 15.2. The van der Waals surface area contributed by atoms with Gasteiger partial charge in [0.25, 0.3) is 0 Å². The molecule has 0 saturated heterocycles. The number of likely N-dealkylation sites (N-methyl/N-ethyl adjacent to an activating group) is 1. The van der Waals surface area contributed by atoms with E-state index in [0.717, 1.165) is 6.04 Å². The van der Waals surface area contributed by atoms with Gasteiger partial charge < -0.3 is 4.98 Å². The summed E-state index contributed by atoms with van der Waals surface area (Å²) in [6, 6.07) is 3.66. The Morgan fingerprint density at radius 1 is 1.38 bits per heavy atom. The molecule has 2 heterocycles. The van der Waals surface area contributed by atoms with Crippen LogP contribution in [0, 0.1) is 0 Å². The van der Waals surface area contributed by atoms with Gasteiger partial charge in [-0.25, -0.2) is 0 Å². The van der Waals surface area contributed by atoms with Gasteiger partial charge in [-0.15, -0.1) is 0 Å². The first-order chi connectivity index (χ1) is 7.81. The molecule has 90 valence electrons. The molecule has 2 atom stereocenters. The summed E-state index contributed by atoms with van der Waals surface area (Å²) in [7, 11) is 0. The standard InChI is InChI=1S/C14H24N2/c1-4-7-14-12-8-9-15-13(12)10-11(5-2)16(14)6-3/h8-9,11,14-15H,4-7,10H2,1-3H3/t11-,14+/m0/s1. The van der Waals surface area contributed by atoms with E-state index >= 15 is 0 Å². The molecule has 2 heteroatoms. The van der Waals surface area contributed by atoms with Gasteiger partial charge in [-0.3, -0.25) is 4.90 Å². The predicted octanol–water partition coefficient (Wildman–Crippen LogP) is 3.51. The maximum absolute atomic E-state index is 3.43. The van der Waals surface area contributed by atoms with Gasteiger partial charge >= 0.3 is 0 Å². The molecule has 0 fully saturated rings. The molecule has 0 aromatic carbocycles. The fourth-order valence-electron chi connectivity index (χ4n) is 3.14. The van der Waals surface area contributed by atoms with Gasteiger partial charge in [0.05, 0.1) is 0 Å². The van der Waals surface area contributed by atoms with Crippen molar-refractivity contribution in [3.63, 3.8) is 0 Å². The minimum absolute atomic E-state index is 0.648. The summed E-state index contributed by atoms with van der Waals surface area (Å²) in [5.41, 5.74) is 3.03. The van der Waals surface area contributed by atoms with E-state index in [9.17, 15) is 0 Å². The molecule has 0 radical (unpaired) electrons. The second-order valence-corrected chi connectivity index (χ2v) is 4.81. The third-order valence-electron chi connectivity index (χ3n) is 3.94. The number of H-pyrrole nitrogens is 1. The Hall–Kier alpha value is -0.760. The van der Waals surface area contributed by atoms with Gasteiger partial charge in [-0.05, 0) is 31.0 Å². The van der Waals surface area contributed by atoms with Crippen LogP contribution in [0.25, 0.3) is 0 Å². The average Bonchev–Trinajstić information content (AvgIpc) is 2.76. The van der Waals surface area contributed by atoms with E-state index in [1.165, 1.54) is 37.9 Å². The fraction of sp³-hybridized carbons (Fsp3) is 0.714. The molecule has 1 aliphatic rings. The van der Waals surface area contributed by atoms with Crippen molar-refractivity contribution < 1.29 is 0 Å². The van der Waals surface area contributed by atoms with Crippen molar-refractivity contribution in [2.75, 3.05) is 6.54 Å². The lowest BCUT2D eigenvalue weighted by Crippen LogP contribution is -2.43. The number of fused-ring (bicyclic) bond motifs is 1. The highest BCUT2D eigenvalue weighted by Crippen LogP contribution is 2.36. The van der Waals surface area contributed by atoms with Crippen molar-refractivity contribution >= 4 is 0 Å². The lowest BCUT2D eigenvalue weighted by atomic mass is 9.90. The number of hydrogen-bond acceptors (Lipinski definition) is 1. The first kappa shape index (κ1) is 11.7. The van der Waals surface area contributed by atoms with Crippen LogP contribution in [0.2, 0.25) is 0 Å². The van der Waals surface area contributed by atoms with Crippen molar-refractivity contribution in [3.05, 3.63) is 23.5 Å². The third kappa shape index (κ3) is 1.91. The van der Waals surface area contributed by atoms with E-state index in [1.54, 1.807) is 5.56 Å². The van der Waals surface area contributed by atoms with Gasteiger partial charge in [0, 0.05) is 30.4 Å². The van der Waals surface area contributed by atoms with E-state index in [1.807, 2.05) is 0 Å². The molecule has 0 bridgehead atoms. The maximum atomic E-state index is 3.43. The second kappa shape index (κ2) is 5.05. The topological polar surface area (TPSA) is 19.0 Å². The molecular formula is C14H24N2. The Kier molecular flexibility index (Phi) is 3.70. The van der Waals surface area contributed by atoms with Gasteiger partial charge in [0.1, 0.15) is 0 Å². The number of hydrogen-bond donors (Lipinski definition) is 1. The first-order valence-corrected chi connectivity index (χ1v) is 6.73. The molecule has 0 saturated carbocycles. The van der Waals surface area contributed by atoms with Gasteiger partial charge in [-0.1, -0.05) is 27.2 Å². The molecule has 0 aliphatic carbocycles. The van der Waals surface area contributed by atoms with Crippen LogP contribution in [0.3, 0.4) is 0 Å². The second-order valence-electron chi connectivity index (χ2n) is 4.81. The molecule has 1 aromatic heterocycles. The van der Waals surface area contributed by atoms with Crippen LogP contribution < -0.4 is 0 Å². The number of nitrogens with one attached hydrogen (secondary N) is 1. The van der Waals surface area contributed by atoms with Crippen molar-refractivity contribution in [1.29, 1.82) is 0 Å². The Labute approximate surface area is 99.0 Å². The van der Waals surface area contributed by atoms with Crippen molar-refractivity contribution in [2.45, 2.75) is 58.5 Å². The smallest absolute Gasteiger partial charge is 0.0368 e. The number of rotatable bonds is 4. The van der Waals surface area contributed by atoms with E-state index in [4.69, 9.17) is 0 Å². The minimum atomic E-state index is 0.648. The average molecular weight is 220 g/mol. The SMILES string of the molecule is CCC[C@@H]1c2cc[nH]c2C[C@H](CC)N1CC. The van der Waals surface area contributed by atoms with E-state index in [-0.39, 0.29) is 0 Å². The maximum Gasteiger partial charge on any atom is 0.0368 e. The van der Waals surface area contributed by atoms with E-state index in [0.29, 0.717) is 6.04 Å². The number of aromatic amines is 1. The summed E-state index contributed by atoms with van der Waals surface area (Å²) in [6.45, 7) is 8.07. The Balaban J connectivity index is 2.30. The molecule has 1 aromatic rings. The molecule has 1 aliphatic heterocycles. The summed E-state index contributed by atoms with van der Waals surface area (Å²) in [5.74, 6) is 0.